The summed E-state index contributed by atoms with van der Waals surface area (Å²) in [5.41, 5.74) is 2.91. The van der Waals surface area contributed by atoms with E-state index in [-0.39, 0.29) is 24.5 Å². The van der Waals surface area contributed by atoms with Crippen LogP contribution in [0, 0.1) is 13.8 Å². The van der Waals surface area contributed by atoms with Crippen molar-refractivity contribution in [1.82, 2.24) is 10.2 Å². The molecule has 0 radical (unpaired) electrons. The quantitative estimate of drug-likeness (QED) is 0.815. The van der Waals surface area contributed by atoms with Crippen LogP contribution in [-0.2, 0) is 4.79 Å². The van der Waals surface area contributed by atoms with E-state index in [1.54, 1.807) is 36.3 Å². The molecule has 1 saturated heterocycles. The molecule has 0 aromatic heterocycles. The number of benzene rings is 2. The van der Waals surface area contributed by atoms with Gasteiger partial charge in [0.25, 0.3) is 11.8 Å². The molecule has 2 amide bonds. The molecule has 1 N–H and O–H groups in total. The van der Waals surface area contributed by atoms with Gasteiger partial charge in [0, 0.05) is 24.7 Å². The first-order valence-corrected chi connectivity index (χ1v) is 9.89. The highest BCUT2D eigenvalue weighted by atomic mass is 16.5. The summed E-state index contributed by atoms with van der Waals surface area (Å²) in [6.07, 6.45) is 1.45. The third-order valence-corrected chi connectivity index (χ3v) is 5.36. The molecule has 1 fully saturated rings. The van der Waals surface area contributed by atoms with Crippen LogP contribution in [0.15, 0.2) is 42.5 Å². The lowest BCUT2D eigenvalue weighted by molar-refractivity contribution is -0.134. The maximum atomic E-state index is 12.4. The first-order chi connectivity index (χ1) is 14.0. The molecule has 1 aliphatic heterocycles. The van der Waals surface area contributed by atoms with Crippen molar-refractivity contribution in [3.63, 3.8) is 0 Å². The van der Waals surface area contributed by atoms with Crippen molar-refractivity contribution >= 4 is 11.8 Å². The van der Waals surface area contributed by atoms with Gasteiger partial charge in [-0.2, -0.15) is 0 Å². The first-order valence-electron chi connectivity index (χ1n) is 9.89. The number of carbonyl (C=O) groups is 2. The van der Waals surface area contributed by atoms with Gasteiger partial charge in [-0.15, -0.1) is 0 Å². The Balaban J connectivity index is 1.45. The molecule has 3 rings (SSSR count). The lowest BCUT2D eigenvalue weighted by Crippen LogP contribution is -2.47. The Bertz CT molecular complexity index is 873. The first kappa shape index (κ1) is 20.7. The predicted octanol–water partition coefficient (Wildman–Crippen LogP) is 3.11. The van der Waals surface area contributed by atoms with Crippen LogP contribution < -0.4 is 14.8 Å². The Labute approximate surface area is 171 Å². The predicted molar refractivity (Wildman–Crippen MR) is 111 cm³/mol. The van der Waals surface area contributed by atoms with Crippen LogP contribution >= 0.6 is 0 Å². The Kier molecular flexibility index (Phi) is 6.75. The number of nitrogens with one attached hydrogen (secondary N) is 1. The van der Waals surface area contributed by atoms with Crippen molar-refractivity contribution < 1.29 is 19.1 Å². The van der Waals surface area contributed by atoms with Gasteiger partial charge in [0.1, 0.15) is 11.5 Å². The molecule has 1 aliphatic rings. The summed E-state index contributed by atoms with van der Waals surface area (Å²) in [5, 5.41) is 3.05. The van der Waals surface area contributed by atoms with Crippen LogP contribution in [0.5, 0.6) is 11.5 Å². The fourth-order valence-electron chi connectivity index (χ4n) is 3.35. The van der Waals surface area contributed by atoms with E-state index >= 15 is 0 Å². The van der Waals surface area contributed by atoms with E-state index in [1.165, 1.54) is 5.56 Å². The Hall–Kier alpha value is -3.02. The van der Waals surface area contributed by atoms with Crippen LogP contribution in [0.25, 0.3) is 0 Å². The minimum atomic E-state index is -0.119. The van der Waals surface area contributed by atoms with Gasteiger partial charge >= 0.3 is 0 Å². The van der Waals surface area contributed by atoms with Crippen LogP contribution in [0.4, 0.5) is 0 Å². The molecule has 0 aliphatic carbocycles. The number of carbonyl (C=O) groups excluding carboxylic acids is 2. The highest BCUT2D eigenvalue weighted by Gasteiger charge is 2.24. The molecule has 154 valence electrons. The average molecular weight is 396 g/mol. The number of methoxy groups -OCH3 is 1. The van der Waals surface area contributed by atoms with Gasteiger partial charge < -0.3 is 19.7 Å². The smallest absolute Gasteiger partial charge is 0.260 e. The lowest BCUT2D eigenvalue weighted by atomic mass is 10.0. The molecule has 2 aromatic carbocycles. The third-order valence-electron chi connectivity index (χ3n) is 5.36. The molecule has 0 spiro atoms. The summed E-state index contributed by atoms with van der Waals surface area (Å²) in [6.45, 7) is 5.32. The summed E-state index contributed by atoms with van der Waals surface area (Å²) in [4.78, 5) is 26.7. The molecule has 0 atom stereocenters. The van der Waals surface area contributed by atoms with E-state index in [0.29, 0.717) is 30.2 Å². The minimum Gasteiger partial charge on any atom is -0.497 e. The van der Waals surface area contributed by atoms with Crippen molar-refractivity contribution in [2.75, 3.05) is 26.8 Å². The highest BCUT2D eigenvalue weighted by molar-refractivity contribution is 5.94. The molecule has 29 heavy (non-hydrogen) atoms. The summed E-state index contributed by atoms with van der Waals surface area (Å²) in [7, 11) is 1.58. The number of aryl methyl sites for hydroxylation is 2. The van der Waals surface area contributed by atoms with Crippen molar-refractivity contribution in [2.24, 2.45) is 0 Å². The molecular weight excluding hydrogens is 368 g/mol. The van der Waals surface area contributed by atoms with E-state index in [4.69, 9.17) is 9.47 Å². The van der Waals surface area contributed by atoms with Crippen LogP contribution in [-0.4, -0.2) is 49.6 Å². The molecule has 6 heteroatoms. The minimum absolute atomic E-state index is 0.0270. The van der Waals surface area contributed by atoms with Crippen molar-refractivity contribution in [1.29, 1.82) is 0 Å². The molecule has 6 nitrogen and oxygen atoms in total. The standard InChI is InChI=1S/C23H28N2O4/c1-16-7-8-21(13-17(16)2)29-15-22(26)25-11-9-19(10-12-25)24-23(27)18-5-4-6-20(14-18)28-3/h4-8,13-14,19H,9-12,15H2,1-3H3,(H,24,27). The van der Waals surface area contributed by atoms with Gasteiger partial charge in [0.15, 0.2) is 6.61 Å². The van der Waals surface area contributed by atoms with Gasteiger partial charge in [-0.25, -0.2) is 0 Å². The maximum absolute atomic E-state index is 12.4. The number of ether oxygens (including phenoxy) is 2. The second kappa shape index (κ2) is 9.45. The number of piperidine rings is 1. The van der Waals surface area contributed by atoms with Gasteiger partial charge in [-0.3, -0.25) is 9.59 Å². The van der Waals surface area contributed by atoms with Gasteiger partial charge in [-0.05, 0) is 68.1 Å². The number of hydrogen-bond donors (Lipinski definition) is 1. The molecule has 2 aromatic rings. The molecule has 1 heterocycles. The zero-order valence-electron chi connectivity index (χ0n) is 17.2. The van der Waals surface area contributed by atoms with E-state index < -0.39 is 0 Å². The van der Waals surface area contributed by atoms with Crippen LogP contribution in [0.3, 0.4) is 0 Å². The summed E-state index contributed by atoms with van der Waals surface area (Å²) in [5.74, 6) is 1.22. The Morgan fingerprint density at radius 2 is 1.79 bits per heavy atom. The number of amides is 2. The fraction of sp³-hybridized carbons (Fsp3) is 0.391. The van der Waals surface area contributed by atoms with E-state index in [2.05, 4.69) is 5.32 Å². The van der Waals surface area contributed by atoms with Gasteiger partial charge in [0.05, 0.1) is 7.11 Å². The summed E-state index contributed by atoms with van der Waals surface area (Å²) < 4.78 is 10.8. The second-order valence-electron chi connectivity index (χ2n) is 7.40. The van der Waals surface area contributed by atoms with Crippen molar-refractivity contribution in [3.8, 4) is 11.5 Å². The average Bonchev–Trinajstić information content (AvgIpc) is 2.75. The zero-order chi connectivity index (χ0) is 20.8. The number of rotatable bonds is 6. The van der Waals surface area contributed by atoms with Crippen LogP contribution in [0.1, 0.15) is 34.3 Å². The SMILES string of the molecule is COc1cccc(C(=O)NC2CCN(C(=O)COc3ccc(C)c(C)c3)CC2)c1. The topological polar surface area (TPSA) is 67.9 Å². The number of nitrogens with zero attached hydrogens (tertiary/aromatic N) is 1. The fourth-order valence-corrected chi connectivity index (χ4v) is 3.35. The largest absolute Gasteiger partial charge is 0.497 e. The van der Waals surface area contributed by atoms with Crippen LogP contribution in [0.2, 0.25) is 0 Å². The van der Waals surface area contributed by atoms with Gasteiger partial charge in [0.2, 0.25) is 0 Å². The molecular formula is C23H28N2O4. The number of likely N-dealkylation sites (tertiary alicyclic amines) is 1. The van der Waals surface area contributed by atoms with E-state index in [9.17, 15) is 9.59 Å². The van der Waals surface area contributed by atoms with E-state index in [0.717, 1.165) is 18.4 Å². The maximum Gasteiger partial charge on any atom is 0.260 e. The monoisotopic (exact) mass is 396 g/mol. The van der Waals surface area contributed by atoms with Gasteiger partial charge in [-0.1, -0.05) is 12.1 Å². The second-order valence-corrected chi connectivity index (χ2v) is 7.40. The van der Waals surface area contributed by atoms with E-state index in [1.807, 2.05) is 32.0 Å². The molecule has 0 bridgehead atoms. The Morgan fingerprint density at radius 1 is 1.03 bits per heavy atom. The third kappa shape index (κ3) is 5.50. The molecule has 0 saturated carbocycles. The summed E-state index contributed by atoms with van der Waals surface area (Å²) >= 11 is 0. The normalized spacial score (nSPS) is 14.4. The summed E-state index contributed by atoms with van der Waals surface area (Å²) in [6, 6.07) is 13.0. The van der Waals surface area contributed by atoms with Crippen molar-refractivity contribution in [2.45, 2.75) is 32.7 Å². The highest BCUT2D eigenvalue weighted by Crippen LogP contribution is 2.18. The number of hydrogen-bond acceptors (Lipinski definition) is 4. The molecule has 0 unspecified atom stereocenters. The van der Waals surface area contributed by atoms with Crippen molar-refractivity contribution in [3.05, 3.63) is 59.2 Å². The zero-order valence-corrected chi connectivity index (χ0v) is 17.2. The Morgan fingerprint density at radius 3 is 2.48 bits per heavy atom. The lowest BCUT2D eigenvalue weighted by Gasteiger charge is -2.32.